The van der Waals surface area contributed by atoms with E-state index < -0.39 is 21.2 Å². The Morgan fingerprint density at radius 3 is 2.46 bits per heavy atom. The van der Waals surface area contributed by atoms with E-state index in [4.69, 9.17) is 10.4 Å². The van der Waals surface area contributed by atoms with Gasteiger partial charge in [-0.05, 0) is 55.9 Å². The van der Waals surface area contributed by atoms with E-state index >= 15 is 0 Å². The zero-order valence-corrected chi connectivity index (χ0v) is 20.8. The van der Waals surface area contributed by atoms with Gasteiger partial charge in [-0.1, -0.05) is 32.1 Å². The van der Waals surface area contributed by atoms with Crippen LogP contribution in [0.15, 0.2) is 38.9 Å². The van der Waals surface area contributed by atoms with Gasteiger partial charge >= 0.3 is 0 Å². The third-order valence-electron chi connectivity index (χ3n) is 7.71. The molecule has 2 aromatic rings. The molecule has 35 heavy (non-hydrogen) atoms. The summed E-state index contributed by atoms with van der Waals surface area (Å²) < 4.78 is 44.3. The third kappa shape index (κ3) is 4.26. The number of hydrogen-bond acceptors (Lipinski definition) is 6. The van der Waals surface area contributed by atoms with Crippen LogP contribution < -0.4 is 27.2 Å². The summed E-state index contributed by atoms with van der Waals surface area (Å²) in [7, 11) is -2.63. The lowest BCUT2D eigenvalue weighted by Crippen LogP contribution is -2.59. The SMILES string of the molecule is Cn1c(=O)c(=C(NCC2CCCCC2)S(=O)(=O)c2ccc(F)cc2)c(=N)n2c1=NC1CCCCC12. The molecule has 2 saturated carbocycles. The lowest BCUT2D eigenvalue weighted by molar-refractivity contribution is 0.321. The molecule has 188 valence electrons. The molecular weight excluding hydrogens is 469 g/mol. The van der Waals surface area contributed by atoms with E-state index in [0.717, 1.165) is 63.5 Å². The predicted octanol–water partition coefficient (Wildman–Crippen LogP) is 1.63. The minimum Gasteiger partial charge on any atom is -0.374 e. The van der Waals surface area contributed by atoms with Crippen LogP contribution in [0.1, 0.15) is 63.8 Å². The summed E-state index contributed by atoms with van der Waals surface area (Å²) in [6, 6.07) is 4.54. The van der Waals surface area contributed by atoms with Crippen molar-refractivity contribution >= 4 is 14.9 Å². The predicted molar refractivity (Wildman–Crippen MR) is 129 cm³/mol. The first-order valence-electron chi connectivity index (χ1n) is 12.5. The quantitative estimate of drug-likeness (QED) is 0.607. The highest BCUT2D eigenvalue weighted by molar-refractivity contribution is 8.00. The number of hydrogen-bond donors (Lipinski definition) is 2. The molecule has 2 atom stereocenters. The molecule has 2 aliphatic carbocycles. The Labute approximate surface area is 203 Å². The summed E-state index contributed by atoms with van der Waals surface area (Å²) >= 11 is 0. The Kier molecular flexibility index (Phi) is 6.41. The number of nitrogens with zero attached hydrogens (tertiary/aromatic N) is 3. The Hall–Kier alpha value is -2.75. The van der Waals surface area contributed by atoms with Crippen molar-refractivity contribution in [3.8, 4) is 0 Å². The van der Waals surface area contributed by atoms with Crippen LogP contribution in [-0.4, -0.2) is 30.1 Å². The maximum Gasteiger partial charge on any atom is 0.266 e. The second-order valence-corrected chi connectivity index (χ2v) is 11.9. The summed E-state index contributed by atoms with van der Waals surface area (Å²) in [6.07, 6.45) is 9.12. The van der Waals surface area contributed by atoms with Crippen molar-refractivity contribution in [1.29, 1.82) is 5.41 Å². The van der Waals surface area contributed by atoms with Crippen LogP contribution >= 0.6 is 0 Å². The van der Waals surface area contributed by atoms with Gasteiger partial charge in [0.15, 0.2) is 0 Å². The van der Waals surface area contributed by atoms with E-state index in [1.807, 2.05) is 0 Å². The molecule has 2 unspecified atom stereocenters. The molecule has 1 aliphatic heterocycles. The minimum absolute atomic E-state index is 0.000976. The first-order valence-corrected chi connectivity index (χ1v) is 14.0. The first-order chi connectivity index (χ1) is 16.8. The van der Waals surface area contributed by atoms with Crippen LogP contribution in [0.4, 0.5) is 4.39 Å². The second-order valence-electron chi connectivity index (χ2n) is 9.98. The molecule has 0 radical (unpaired) electrons. The largest absolute Gasteiger partial charge is 0.374 e. The fourth-order valence-corrected chi connectivity index (χ4v) is 7.24. The van der Waals surface area contributed by atoms with Gasteiger partial charge in [-0.15, -0.1) is 0 Å². The normalized spacial score (nSPS) is 23.3. The average Bonchev–Trinajstić information content (AvgIpc) is 3.25. The fraction of sp³-hybridized carbons (Fsp3) is 0.560. The highest BCUT2D eigenvalue weighted by atomic mass is 32.2. The van der Waals surface area contributed by atoms with Crippen molar-refractivity contribution in [1.82, 2.24) is 14.5 Å². The molecular formula is C25H32FN5O3S. The summed E-state index contributed by atoms with van der Waals surface area (Å²) in [4.78, 5) is 18.2. The van der Waals surface area contributed by atoms with Crippen molar-refractivity contribution in [3.05, 3.63) is 56.8 Å². The zero-order valence-electron chi connectivity index (χ0n) is 20.0. The molecule has 5 rings (SSSR count). The summed E-state index contributed by atoms with van der Waals surface area (Å²) in [6.45, 7) is 0.399. The molecule has 1 aromatic carbocycles. The standard InChI is InChI=1S/C25H32FN5O3S/c1-30-24(32)21(22(27)31-20-10-6-5-9-19(20)29-25(30)31)23(28-15-16-7-3-2-4-8-16)35(33,34)18-13-11-17(26)12-14-18/h11-14,16,19-20,27-28H,2-10,15H2,1H3. The lowest BCUT2D eigenvalue weighted by Gasteiger charge is -2.26. The van der Waals surface area contributed by atoms with Gasteiger partial charge in [0.1, 0.15) is 21.6 Å². The van der Waals surface area contributed by atoms with Gasteiger partial charge in [0.25, 0.3) is 5.56 Å². The maximum atomic E-state index is 13.8. The lowest BCUT2D eigenvalue weighted by atomic mass is 9.89. The van der Waals surface area contributed by atoms with Crippen molar-refractivity contribution in [2.45, 2.75) is 74.8 Å². The van der Waals surface area contributed by atoms with Gasteiger partial charge in [-0.2, -0.15) is 0 Å². The van der Waals surface area contributed by atoms with E-state index in [1.165, 1.54) is 23.1 Å². The van der Waals surface area contributed by atoms with Gasteiger partial charge in [-0.3, -0.25) is 19.3 Å². The number of aromatic nitrogens is 2. The van der Waals surface area contributed by atoms with Crippen molar-refractivity contribution < 1.29 is 12.8 Å². The van der Waals surface area contributed by atoms with Gasteiger partial charge < -0.3 is 5.32 Å². The Morgan fingerprint density at radius 2 is 1.74 bits per heavy atom. The third-order valence-corrected chi connectivity index (χ3v) is 9.49. The Balaban J connectivity index is 1.74. The zero-order chi connectivity index (χ0) is 24.7. The smallest absolute Gasteiger partial charge is 0.266 e. The number of fused-ring (bicyclic) bond motifs is 3. The molecule has 0 amide bonds. The van der Waals surface area contributed by atoms with Gasteiger partial charge in [-0.25, -0.2) is 17.8 Å². The van der Waals surface area contributed by atoms with E-state index in [2.05, 4.69) is 5.32 Å². The molecule has 0 saturated heterocycles. The highest BCUT2D eigenvalue weighted by Gasteiger charge is 2.34. The topological polar surface area (TPSA) is 109 Å². The highest BCUT2D eigenvalue weighted by Crippen LogP contribution is 2.31. The second kappa shape index (κ2) is 9.37. The molecule has 2 fully saturated rings. The molecule has 8 nitrogen and oxygen atoms in total. The maximum absolute atomic E-state index is 13.8. The van der Waals surface area contributed by atoms with Crippen LogP contribution in [0.5, 0.6) is 0 Å². The molecule has 2 N–H and O–H groups in total. The van der Waals surface area contributed by atoms with Crippen LogP contribution in [0.25, 0.3) is 5.03 Å². The number of benzene rings is 1. The molecule has 10 heteroatoms. The van der Waals surface area contributed by atoms with Gasteiger partial charge in [0, 0.05) is 13.6 Å². The summed E-state index contributed by atoms with van der Waals surface area (Å²) in [5, 5.41) is 11.7. The van der Waals surface area contributed by atoms with Gasteiger partial charge in [0.2, 0.25) is 15.5 Å². The van der Waals surface area contributed by atoms with Crippen molar-refractivity contribution in [2.24, 2.45) is 18.0 Å². The van der Waals surface area contributed by atoms with E-state index in [9.17, 15) is 17.6 Å². The van der Waals surface area contributed by atoms with Crippen molar-refractivity contribution in [2.75, 3.05) is 6.54 Å². The fourth-order valence-electron chi connectivity index (χ4n) is 5.78. The average molecular weight is 502 g/mol. The van der Waals surface area contributed by atoms with Crippen LogP contribution in [0, 0.1) is 17.1 Å². The Bertz CT molecular complexity index is 1470. The number of rotatable bonds is 5. The summed E-state index contributed by atoms with van der Waals surface area (Å²) in [5.74, 6) is -0.254. The Morgan fingerprint density at radius 1 is 1.09 bits per heavy atom. The molecule has 3 aliphatic rings. The monoisotopic (exact) mass is 501 g/mol. The van der Waals surface area contributed by atoms with Crippen LogP contribution in [-0.2, 0) is 16.9 Å². The molecule has 0 spiro atoms. The number of nitrogens with one attached hydrogen (secondary N) is 2. The van der Waals surface area contributed by atoms with Gasteiger partial charge in [0.05, 0.1) is 17.0 Å². The first kappa shape index (κ1) is 24.0. The minimum atomic E-state index is -4.22. The van der Waals surface area contributed by atoms with E-state index in [1.54, 1.807) is 11.6 Å². The molecule has 1 aromatic heterocycles. The molecule has 0 bridgehead atoms. The van der Waals surface area contributed by atoms with Crippen LogP contribution in [0.2, 0.25) is 0 Å². The summed E-state index contributed by atoms with van der Waals surface area (Å²) in [5.41, 5.74) is -0.273. The van der Waals surface area contributed by atoms with E-state index in [-0.39, 0.29) is 32.7 Å². The number of halogens is 1. The van der Waals surface area contributed by atoms with E-state index in [0.29, 0.717) is 18.1 Å². The van der Waals surface area contributed by atoms with Crippen molar-refractivity contribution in [3.63, 3.8) is 0 Å². The molecule has 2 heterocycles. The number of sulfone groups is 1. The van der Waals surface area contributed by atoms with Crippen LogP contribution in [0.3, 0.4) is 0 Å².